The minimum atomic E-state index is -1.12. The van der Waals surface area contributed by atoms with Crippen LogP contribution in [0.4, 0.5) is 0 Å². The van der Waals surface area contributed by atoms with Gasteiger partial charge in [0.05, 0.1) is 0 Å². The third-order valence-corrected chi connectivity index (χ3v) is 5.22. The van der Waals surface area contributed by atoms with E-state index in [1.807, 2.05) is 0 Å². The number of nitrogens with zero attached hydrogens (tertiary/aromatic N) is 2. The second-order valence-corrected chi connectivity index (χ2v) is 6.43. The van der Waals surface area contributed by atoms with Crippen molar-refractivity contribution in [3.63, 3.8) is 0 Å². The summed E-state index contributed by atoms with van der Waals surface area (Å²) in [5.74, 6) is -1.26. The molecule has 21 heavy (non-hydrogen) atoms. The molecule has 0 saturated heterocycles. The van der Waals surface area contributed by atoms with Crippen LogP contribution < -0.4 is 4.87 Å². The van der Waals surface area contributed by atoms with Crippen molar-refractivity contribution in [2.24, 2.45) is 0 Å². The Hall–Kier alpha value is -1.63. The Kier molecular flexibility index (Phi) is 4.82. The SMILES string of the molecule is Cc1c(C(=O)O)sc(=O)n1CC(=O)N(C)C1CCCCC1. The third kappa shape index (κ3) is 3.34. The van der Waals surface area contributed by atoms with Crippen LogP contribution in [0, 0.1) is 6.92 Å². The Balaban J connectivity index is 2.12. The molecule has 1 fully saturated rings. The fourth-order valence-electron chi connectivity index (χ4n) is 2.78. The van der Waals surface area contributed by atoms with E-state index >= 15 is 0 Å². The average molecular weight is 312 g/mol. The van der Waals surface area contributed by atoms with Gasteiger partial charge < -0.3 is 10.0 Å². The lowest BCUT2D eigenvalue weighted by atomic mass is 9.94. The van der Waals surface area contributed by atoms with Crippen LogP contribution in [0.15, 0.2) is 4.79 Å². The Morgan fingerprint density at radius 2 is 1.95 bits per heavy atom. The number of aromatic carboxylic acids is 1. The van der Waals surface area contributed by atoms with Gasteiger partial charge in [0, 0.05) is 18.8 Å². The number of thiazole rings is 1. The Labute approximate surface area is 127 Å². The number of rotatable bonds is 4. The van der Waals surface area contributed by atoms with Crippen LogP contribution in [-0.4, -0.2) is 39.5 Å². The molecule has 1 amide bonds. The van der Waals surface area contributed by atoms with Crippen LogP contribution in [0.25, 0.3) is 0 Å². The Bertz CT molecular complexity index is 599. The quantitative estimate of drug-likeness (QED) is 0.918. The van der Waals surface area contributed by atoms with E-state index in [1.54, 1.807) is 18.9 Å². The van der Waals surface area contributed by atoms with Crippen molar-refractivity contribution in [1.29, 1.82) is 0 Å². The summed E-state index contributed by atoms with van der Waals surface area (Å²) in [5.41, 5.74) is 0.350. The molecule has 0 spiro atoms. The smallest absolute Gasteiger partial charge is 0.347 e. The third-order valence-electron chi connectivity index (χ3n) is 4.15. The molecular formula is C14H20N2O4S. The van der Waals surface area contributed by atoms with E-state index < -0.39 is 10.8 Å². The maximum absolute atomic E-state index is 12.3. The lowest BCUT2D eigenvalue weighted by Gasteiger charge is -2.31. The summed E-state index contributed by atoms with van der Waals surface area (Å²) in [6, 6.07) is 0.236. The van der Waals surface area contributed by atoms with Gasteiger partial charge in [-0.3, -0.25) is 14.2 Å². The molecule has 116 valence electrons. The van der Waals surface area contributed by atoms with Gasteiger partial charge in [0.2, 0.25) is 5.91 Å². The zero-order chi connectivity index (χ0) is 15.6. The normalized spacial score (nSPS) is 15.9. The first-order valence-corrected chi connectivity index (χ1v) is 7.92. The molecule has 1 saturated carbocycles. The van der Waals surface area contributed by atoms with Gasteiger partial charge >= 0.3 is 10.8 Å². The van der Waals surface area contributed by atoms with Gasteiger partial charge in [-0.25, -0.2) is 4.79 Å². The van der Waals surface area contributed by atoms with Gasteiger partial charge in [-0.05, 0) is 19.8 Å². The van der Waals surface area contributed by atoms with Gasteiger partial charge in [-0.2, -0.15) is 0 Å². The van der Waals surface area contributed by atoms with Gasteiger partial charge in [0.15, 0.2) is 0 Å². The lowest BCUT2D eigenvalue weighted by Crippen LogP contribution is -2.41. The predicted molar refractivity (Wildman–Crippen MR) is 79.9 cm³/mol. The first-order valence-electron chi connectivity index (χ1n) is 7.11. The van der Waals surface area contributed by atoms with Gasteiger partial charge in [-0.15, -0.1) is 0 Å². The summed E-state index contributed by atoms with van der Waals surface area (Å²) in [6.45, 7) is 1.48. The topological polar surface area (TPSA) is 79.6 Å². The maximum atomic E-state index is 12.3. The predicted octanol–water partition coefficient (Wildman–Crippen LogP) is 1.71. The van der Waals surface area contributed by atoms with Gasteiger partial charge in [0.1, 0.15) is 11.4 Å². The number of carboxylic acids is 1. The summed E-state index contributed by atoms with van der Waals surface area (Å²) >= 11 is 0.675. The standard InChI is InChI=1S/C14H20N2O4S/c1-9-12(13(18)19)21-14(20)16(9)8-11(17)15(2)10-6-4-3-5-7-10/h10H,3-8H2,1-2H3,(H,18,19). The van der Waals surface area contributed by atoms with Crippen molar-refractivity contribution in [2.45, 2.75) is 51.6 Å². The summed E-state index contributed by atoms with van der Waals surface area (Å²) in [4.78, 5) is 36.5. The molecule has 0 unspecified atom stereocenters. The number of likely N-dealkylation sites (N-methyl/N-ethyl adjacent to an activating group) is 1. The average Bonchev–Trinajstić information content (AvgIpc) is 2.75. The molecule has 1 N–H and O–H groups in total. The van der Waals surface area contributed by atoms with Crippen molar-refractivity contribution < 1.29 is 14.7 Å². The zero-order valence-corrected chi connectivity index (χ0v) is 13.1. The second kappa shape index (κ2) is 6.43. The Morgan fingerprint density at radius 3 is 2.48 bits per heavy atom. The molecule has 0 aromatic carbocycles. The number of amides is 1. The van der Waals surface area contributed by atoms with E-state index in [-0.39, 0.29) is 23.4 Å². The van der Waals surface area contributed by atoms with Gasteiger partial charge in [-0.1, -0.05) is 30.6 Å². The first kappa shape index (κ1) is 15.8. The highest BCUT2D eigenvalue weighted by atomic mass is 32.1. The zero-order valence-electron chi connectivity index (χ0n) is 12.3. The van der Waals surface area contributed by atoms with E-state index in [0.717, 1.165) is 25.7 Å². The number of aromatic nitrogens is 1. The summed E-state index contributed by atoms with van der Waals surface area (Å²) < 4.78 is 1.26. The number of carboxylic acid groups (broad SMARTS) is 1. The summed E-state index contributed by atoms with van der Waals surface area (Å²) in [6.07, 6.45) is 5.47. The van der Waals surface area contributed by atoms with E-state index in [1.165, 1.54) is 11.0 Å². The first-order chi connectivity index (χ1) is 9.91. The van der Waals surface area contributed by atoms with E-state index in [0.29, 0.717) is 17.0 Å². The molecule has 7 heteroatoms. The molecule has 0 aliphatic heterocycles. The van der Waals surface area contributed by atoms with E-state index in [9.17, 15) is 14.4 Å². The van der Waals surface area contributed by atoms with Crippen LogP contribution in [0.3, 0.4) is 0 Å². The largest absolute Gasteiger partial charge is 0.477 e. The fraction of sp³-hybridized carbons (Fsp3) is 0.643. The summed E-state index contributed by atoms with van der Waals surface area (Å²) in [5, 5.41) is 9.01. The number of hydrogen-bond acceptors (Lipinski definition) is 4. The molecule has 6 nitrogen and oxygen atoms in total. The van der Waals surface area contributed by atoms with Crippen LogP contribution >= 0.6 is 11.3 Å². The van der Waals surface area contributed by atoms with Crippen LogP contribution in [-0.2, 0) is 11.3 Å². The summed E-state index contributed by atoms with van der Waals surface area (Å²) in [7, 11) is 1.77. The molecule has 1 aromatic heterocycles. The maximum Gasteiger partial charge on any atom is 0.347 e. The highest BCUT2D eigenvalue weighted by molar-refractivity contribution is 7.11. The van der Waals surface area contributed by atoms with Crippen LogP contribution in [0.2, 0.25) is 0 Å². The minimum Gasteiger partial charge on any atom is -0.477 e. The number of carbonyl (C=O) groups excluding carboxylic acids is 1. The molecule has 2 rings (SSSR count). The molecule has 1 aliphatic carbocycles. The molecule has 0 radical (unpaired) electrons. The van der Waals surface area contributed by atoms with E-state index in [4.69, 9.17) is 5.11 Å². The van der Waals surface area contributed by atoms with Gasteiger partial charge in [0.25, 0.3) is 0 Å². The highest BCUT2D eigenvalue weighted by Crippen LogP contribution is 2.22. The van der Waals surface area contributed by atoms with E-state index in [2.05, 4.69) is 0 Å². The van der Waals surface area contributed by atoms with Crippen LogP contribution in [0.5, 0.6) is 0 Å². The van der Waals surface area contributed by atoms with Crippen molar-refractivity contribution >= 4 is 23.2 Å². The monoisotopic (exact) mass is 312 g/mol. The molecule has 0 atom stereocenters. The van der Waals surface area contributed by atoms with Crippen molar-refractivity contribution in [3.05, 3.63) is 20.2 Å². The molecule has 0 bridgehead atoms. The molecular weight excluding hydrogens is 292 g/mol. The van der Waals surface area contributed by atoms with Crippen molar-refractivity contribution in [1.82, 2.24) is 9.47 Å². The highest BCUT2D eigenvalue weighted by Gasteiger charge is 2.24. The van der Waals surface area contributed by atoms with Crippen LogP contribution in [0.1, 0.15) is 47.5 Å². The Morgan fingerprint density at radius 1 is 1.33 bits per heavy atom. The molecule has 1 aliphatic rings. The minimum absolute atomic E-state index is 0.00752. The lowest BCUT2D eigenvalue weighted by molar-refractivity contribution is -0.133. The van der Waals surface area contributed by atoms with Crippen molar-refractivity contribution in [3.8, 4) is 0 Å². The fourth-order valence-corrected chi connectivity index (χ4v) is 3.61. The molecule has 1 aromatic rings. The number of hydrogen-bond donors (Lipinski definition) is 1. The number of carbonyl (C=O) groups is 2. The van der Waals surface area contributed by atoms with Crippen molar-refractivity contribution in [2.75, 3.05) is 7.05 Å². The second-order valence-electron chi connectivity index (χ2n) is 5.47. The molecule has 1 heterocycles.